The van der Waals surface area contributed by atoms with Gasteiger partial charge in [-0.2, -0.15) is 0 Å². The molecule has 39 heavy (non-hydrogen) atoms. The number of hydrogen-bond donors (Lipinski definition) is 1. The van der Waals surface area contributed by atoms with E-state index < -0.39 is 17.6 Å². The zero-order chi connectivity index (χ0) is 27.2. The molecule has 0 bridgehead atoms. The van der Waals surface area contributed by atoms with E-state index in [1.165, 1.54) is 24.1 Å². The molecule has 0 amide bonds. The summed E-state index contributed by atoms with van der Waals surface area (Å²) in [4.78, 5) is 17.4. The Hall–Kier alpha value is -2.31. The molecule has 0 aromatic heterocycles. The Morgan fingerprint density at radius 3 is 2.28 bits per heavy atom. The summed E-state index contributed by atoms with van der Waals surface area (Å²) >= 11 is 0. The summed E-state index contributed by atoms with van der Waals surface area (Å²) in [5.41, 5.74) is 2.08. The van der Waals surface area contributed by atoms with Gasteiger partial charge in [0.25, 0.3) is 0 Å². The van der Waals surface area contributed by atoms with E-state index in [0.717, 1.165) is 102 Å². The van der Waals surface area contributed by atoms with E-state index in [0.29, 0.717) is 17.8 Å². The standard InChI is InChI=1S/C33H44F2N2O2/c34-29-18-25(19-30(35)20-29)9-7-8-24-14-16-36(17-15-24)21-28-22-37(23-31(28)26-10-3-1-4-11-26)32(33(38)39)27-12-5-2-6-13-27/h1,3-4,10-11,18-20,24,27-28,31-32H,2,5-9,12-17,21-23H2,(H,38,39)/t28-,31+,32+/m0/s1. The summed E-state index contributed by atoms with van der Waals surface area (Å²) in [5.74, 6) is 0.0878. The second-order valence-electron chi connectivity index (χ2n) is 12.3. The Balaban J connectivity index is 1.16. The van der Waals surface area contributed by atoms with Crippen LogP contribution in [-0.2, 0) is 11.2 Å². The first-order valence-corrected chi connectivity index (χ1v) is 15.2. The van der Waals surface area contributed by atoms with Gasteiger partial charge in [0.1, 0.15) is 17.7 Å². The molecule has 0 radical (unpaired) electrons. The van der Waals surface area contributed by atoms with Gasteiger partial charge in [0.2, 0.25) is 0 Å². The molecule has 2 aliphatic heterocycles. The van der Waals surface area contributed by atoms with E-state index in [4.69, 9.17) is 0 Å². The van der Waals surface area contributed by atoms with Crippen molar-refractivity contribution in [3.05, 3.63) is 71.3 Å². The number of benzene rings is 2. The number of aryl methyl sites for hydroxylation is 1. The number of carbonyl (C=O) groups is 1. The zero-order valence-corrected chi connectivity index (χ0v) is 23.1. The van der Waals surface area contributed by atoms with Crippen molar-refractivity contribution >= 4 is 5.97 Å². The van der Waals surface area contributed by atoms with Gasteiger partial charge in [0.15, 0.2) is 0 Å². The monoisotopic (exact) mass is 538 g/mol. The van der Waals surface area contributed by atoms with Gasteiger partial charge in [-0.15, -0.1) is 0 Å². The van der Waals surface area contributed by atoms with Crippen molar-refractivity contribution in [3.63, 3.8) is 0 Å². The SMILES string of the molecule is O=C(O)[C@@H](C1CCCCC1)N1C[C@H](CN2CCC(CCCc3cc(F)cc(F)c3)CC2)[C@@H](c2ccccc2)C1. The third kappa shape index (κ3) is 7.46. The lowest BCUT2D eigenvalue weighted by molar-refractivity contribution is -0.145. The number of carboxylic acid groups (broad SMARTS) is 1. The molecule has 2 heterocycles. The van der Waals surface area contributed by atoms with Crippen molar-refractivity contribution < 1.29 is 18.7 Å². The summed E-state index contributed by atoms with van der Waals surface area (Å²) in [5, 5.41) is 10.3. The predicted octanol–water partition coefficient (Wildman–Crippen LogP) is 6.75. The first-order valence-electron chi connectivity index (χ1n) is 15.2. The van der Waals surface area contributed by atoms with Gasteiger partial charge in [0.05, 0.1) is 0 Å². The van der Waals surface area contributed by atoms with Gasteiger partial charge in [0, 0.05) is 31.6 Å². The molecule has 4 nitrogen and oxygen atoms in total. The molecular weight excluding hydrogens is 494 g/mol. The van der Waals surface area contributed by atoms with E-state index in [1.54, 1.807) is 0 Å². The highest BCUT2D eigenvalue weighted by atomic mass is 19.1. The summed E-state index contributed by atoms with van der Waals surface area (Å²) < 4.78 is 27.0. The lowest BCUT2D eigenvalue weighted by atomic mass is 9.83. The Labute approximate surface area is 232 Å². The molecule has 3 fully saturated rings. The molecule has 1 aliphatic carbocycles. The minimum Gasteiger partial charge on any atom is -0.480 e. The van der Waals surface area contributed by atoms with Crippen LogP contribution in [0.15, 0.2) is 48.5 Å². The van der Waals surface area contributed by atoms with Crippen molar-refractivity contribution in [3.8, 4) is 0 Å². The summed E-state index contributed by atoms with van der Waals surface area (Å²) in [6, 6.07) is 14.2. The lowest BCUT2D eigenvalue weighted by Crippen LogP contribution is -2.46. The van der Waals surface area contributed by atoms with Crippen LogP contribution >= 0.6 is 0 Å². The number of aliphatic carboxylic acids is 1. The van der Waals surface area contributed by atoms with E-state index in [9.17, 15) is 18.7 Å². The van der Waals surface area contributed by atoms with Gasteiger partial charge < -0.3 is 10.0 Å². The lowest BCUT2D eigenvalue weighted by Gasteiger charge is -2.35. The molecule has 2 aromatic carbocycles. The molecule has 212 valence electrons. The number of nitrogens with zero attached hydrogens (tertiary/aromatic N) is 2. The van der Waals surface area contributed by atoms with Crippen molar-refractivity contribution in [2.75, 3.05) is 32.7 Å². The molecule has 0 spiro atoms. The summed E-state index contributed by atoms with van der Waals surface area (Å²) in [6.07, 6.45) is 10.7. The third-order valence-electron chi connectivity index (χ3n) is 9.64. The first kappa shape index (κ1) is 28.2. The smallest absolute Gasteiger partial charge is 0.321 e. The van der Waals surface area contributed by atoms with Crippen LogP contribution in [0.25, 0.3) is 0 Å². The molecule has 0 unspecified atom stereocenters. The Bertz CT molecular complexity index is 1050. The Morgan fingerprint density at radius 1 is 0.923 bits per heavy atom. The third-order valence-corrected chi connectivity index (χ3v) is 9.64. The molecule has 3 atom stereocenters. The van der Waals surface area contributed by atoms with Gasteiger partial charge >= 0.3 is 5.97 Å². The minimum absolute atomic E-state index is 0.269. The number of carboxylic acids is 1. The molecular formula is C33H44F2N2O2. The maximum absolute atomic E-state index is 13.5. The Morgan fingerprint density at radius 2 is 1.62 bits per heavy atom. The second-order valence-corrected chi connectivity index (χ2v) is 12.3. The van der Waals surface area contributed by atoms with E-state index in [-0.39, 0.29) is 12.0 Å². The van der Waals surface area contributed by atoms with E-state index in [1.807, 2.05) is 0 Å². The van der Waals surface area contributed by atoms with Crippen LogP contribution in [0.4, 0.5) is 8.78 Å². The number of halogens is 2. The molecule has 5 rings (SSSR count). The van der Waals surface area contributed by atoms with Crippen LogP contribution < -0.4 is 0 Å². The van der Waals surface area contributed by atoms with Crippen LogP contribution in [0.3, 0.4) is 0 Å². The molecule has 2 saturated heterocycles. The fraction of sp³-hybridized carbons (Fsp3) is 0.606. The molecule has 1 N–H and O–H groups in total. The largest absolute Gasteiger partial charge is 0.480 e. The van der Waals surface area contributed by atoms with E-state index >= 15 is 0 Å². The highest BCUT2D eigenvalue weighted by Gasteiger charge is 2.43. The molecule has 1 saturated carbocycles. The first-order chi connectivity index (χ1) is 19.0. The normalized spacial score (nSPS) is 24.7. The van der Waals surface area contributed by atoms with Crippen molar-refractivity contribution in [2.24, 2.45) is 17.8 Å². The number of rotatable bonds is 10. The Kier molecular flexibility index (Phi) is 9.67. The van der Waals surface area contributed by atoms with Crippen LogP contribution in [0, 0.1) is 29.4 Å². The highest BCUT2D eigenvalue weighted by molar-refractivity contribution is 5.74. The van der Waals surface area contributed by atoms with Gasteiger partial charge in [-0.3, -0.25) is 9.69 Å². The van der Waals surface area contributed by atoms with Crippen molar-refractivity contribution in [1.82, 2.24) is 9.80 Å². The van der Waals surface area contributed by atoms with Crippen LogP contribution in [0.5, 0.6) is 0 Å². The molecule has 2 aromatic rings. The predicted molar refractivity (Wildman–Crippen MR) is 151 cm³/mol. The summed E-state index contributed by atoms with van der Waals surface area (Å²) in [6.45, 7) is 4.85. The average molecular weight is 539 g/mol. The van der Waals surface area contributed by atoms with Gasteiger partial charge in [-0.25, -0.2) is 8.78 Å². The number of piperidine rings is 1. The average Bonchev–Trinajstić information content (AvgIpc) is 3.33. The maximum atomic E-state index is 13.5. The van der Waals surface area contributed by atoms with Gasteiger partial charge in [-0.1, -0.05) is 56.0 Å². The van der Waals surface area contributed by atoms with Crippen molar-refractivity contribution in [2.45, 2.75) is 76.2 Å². The quantitative estimate of drug-likeness (QED) is 0.364. The maximum Gasteiger partial charge on any atom is 0.321 e. The highest BCUT2D eigenvalue weighted by Crippen LogP contribution is 2.38. The van der Waals surface area contributed by atoms with E-state index in [2.05, 4.69) is 40.1 Å². The number of hydrogen-bond acceptors (Lipinski definition) is 3. The zero-order valence-electron chi connectivity index (χ0n) is 23.1. The van der Waals surface area contributed by atoms with Crippen LogP contribution in [-0.4, -0.2) is 59.6 Å². The van der Waals surface area contributed by atoms with Crippen molar-refractivity contribution in [1.29, 1.82) is 0 Å². The molecule has 3 aliphatic rings. The molecule has 6 heteroatoms. The minimum atomic E-state index is -0.642. The van der Waals surface area contributed by atoms with Gasteiger partial charge in [-0.05, 0) is 92.6 Å². The van der Waals surface area contributed by atoms with Crippen LogP contribution in [0.1, 0.15) is 74.8 Å². The fourth-order valence-corrected chi connectivity index (χ4v) is 7.64. The van der Waals surface area contributed by atoms with Crippen LogP contribution in [0.2, 0.25) is 0 Å². The second kappa shape index (κ2) is 13.4. The fourth-order valence-electron chi connectivity index (χ4n) is 7.64. The number of likely N-dealkylation sites (tertiary alicyclic amines) is 2. The topological polar surface area (TPSA) is 43.8 Å². The summed E-state index contributed by atoms with van der Waals surface area (Å²) in [7, 11) is 0.